The molecule has 0 atom stereocenters. The van der Waals surface area contributed by atoms with Gasteiger partial charge in [0.1, 0.15) is 0 Å². The first-order chi connectivity index (χ1) is 11.9. The van der Waals surface area contributed by atoms with Gasteiger partial charge in [-0.3, -0.25) is 6.08 Å². The predicted molar refractivity (Wildman–Crippen MR) is 110 cm³/mol. The zero-order valence-corrected chi connectivity index (χ0v) is 21.0. The van der Waals surface area contributed by atoms with Crippen molar-refractivity contribution in [3.05, 3.63) is 91.0 Å². The minimum Gasteiger partial charge on any atom is -1.00 e. The van der Waals surface area contributed by atoms with Crippen molar-refractivity contribution in [2.75, 3.05) is 0 Å². The van der Waals surface area contributed by atoms with Crippen LogP contribution in [-0.4, -0.2) is 10.2 Å². The molecule has 4 heteroatoms. The van der Waals surface area contributed by atoms with Crippen molar-refractivity contribution in [3.63, 3.8) is 0 Å². The Labute approximate surface area is 199 Å². The molecule has 0 saturated heterocycles. The Bertz CT molecular complexity index is 739. The van der Waals surface area contributed by atoms with E-state index in [2.05, 4.69) is 89.1 Å². The molecule has 0 N–H and O–H groups in total. The molecule has 3 aromatic rings. The molecule has 27 heavy (non-hydrogen) atoms. The summed E-state index contributed by atoms with van der Waals surface area (Å²) in [6.07, 6.45) is 10.0. The maximum atomic E-state index is 2.99. The summed E-state index contributed by atoms with van der Waals surface area (Å²) in [5.41, 5.74) is 2.60. The van der Waals surface area contributed by atoms with Crippen molar-refractivity contribution >= 4 is 21.0 Å². The smallest absolute Gasteiger partial charge is 1.00 e. The average Bonchev–Trinajstić information content (AvgIpc) is 3.40. The standard InChI is InChI=1S/C15H11.C5H5.C2H6.CH3Si.2ClH.Zr/c1-2-6-12(7-3-1)14-10-4-8-13-9-5-11-15(13)14;1-2-4-5-3-1;2*1-2;;;/h1-11H;1-3H,4H2;1-2H3;1H3;2*1H;/q2*-1;;;;;+4/p-2. The van der Waals surface area contributed by atoms with Crippen LogP contribution in [0.25, 0.3) is 21.9 Å². The Balaban J connectivity index is -0.000000414. The molecule has 0 saturated carbocycles. The number of allylic oxidation sites excluding steroid dienone is 4. The van der Waals surface area contributed by atoms with Gasteiger partial charge in [-0.1, -0.05) is 62.4 Å². The molecule has 0 heterocycles. The van der Waals surface area contributed by atoms with Crippen molar-refractivity contribution in [1.29, 1.82) is 0 Å². The molecular formula is C23H25Cl2SiZr. The van der Waals surface area contributed by atoms with Crippen LogP contribution in [0.15, 0.2) is 85.0 Å². The maximum absolute atomic E-state index is 2.99. The van der Waals surface area contributed by atoms with Gasteiger partial charge in [-0.15, -0.1) is 35.4 Å². The number of hydrogen-bond acceptors (Lipinski definition) is 0. The van der Waals surface area contributed by atoms with E-state index in [1.54, 1.807) is 6.55 Å². The molecule has 3 aromatic carbocycles. The van der Waals surface area contributed by atoms with E-state index < -0.39 is 0 Å². The summed E-state index contributed by atoms with van der Waals surface area (Å²) < 4.78 is 0. The third-order valence-corrected chi connectivity index (χ3v) is 3.35. The molecule has 0 aromatic heterocycles. The second kappa shape index (κ2) is 20.0. The van der Waals surface area contributed by atoms with Crippen molar-refractivity contribution in [3.8, 4) is 11.1 Å². The van der Waals surface area contributed by atoms with E-state index in [1.807, 2.05) is 26.0 Å². The molecule has 0 aliphatic heterocycles. The second-order valence-corrected chi connectivity index (χ2v) is 4.70. The van der Waals surface area contributed by atoms with Crippen LogP contribution in [0.1, 0.15) is 20.3 Å². The normalized spacial score (nSPS) is 9.63. The molecule has 0 bridgehead atoms. The zero-order valence-electron chi connectivity index (χ0n) is 16.0. The van der Waals surface area contributed by atoms with E-state index in [1.165, 1.54) is 21.9 Å². The predicted octanol–water partition coefficient (Wildman–Crippen LogP) is 0.766. The SMILES string of the molecule is CC.C[Si].[C-]1=CC=CC1.[Cl-].[Cl-].[Zr+4].c1ccc(-c2cccc3[cH-]ccc23)cc1. The topological polar surface area (TPSA) is 0 Å². The fourth-order valence-electron chi connectivity index (χ4n) is 2.37. The van der Waals surface area contributed by atoms with E-state index in [0.717, 1.165) is 6.42 Å². The number of benzene rings is 2. The molecule has 0 fully saturated rings. The van der Waals surface area contributed by atoms with Crippen LogP contribution in [0.2, 0.25) is 6.55 Å². The number of hydrogen-bond donors (Lipinski definition) is 0. The van der Waals surface area contributed by atoms with Gasteiger partial charge in [0.25, 0.3) is 0 Å². The van der Waals surface area contributed by atoms with Crippen molar-refractivity contribution in [1.82, 2.24) is 0 Å². The summed E-state index contributed by atoms with van der Waals surface area (Å²) in [6.45, 7) is 5.81. The van der Waals surface area contributed by atoms with Crippen molar-refractivity contribution < 1.29 is 51.0 Å². The van der Waals surface area contributed by atoms with Gasteiger partial charge in [-0.05, 0) is 5.56 Å². The van der Waals surface area contributed by atoms with Crippen LogP contribution in [0.5, 0.6) is 0 Å². The Hall–Kier alpha value is -0.790. The van der Waals surface area contributed by atoms with Crippen LogP contribution in [0, 0.1) is 6.08 Å². The first kappa shape index (κ1) is 30.9. The largest absolute Gasteiger partial charge is 4.00 e. The van der Waals surface area contributed by atoms with Crippen molar-refractivity contribution in [2.45, 2.75) is 26.8 Å². The molecule has 0 amide bonds. The number of fused-ring (bicyclic) bond motifs is 1. The van der Waals surface area contributed by atoms with E-state index in [4.69, 9.17) is 0 Å². The van der Waals surface area contributed by atoms with E-state index in [0.29, 0.717) is 0 Å². The van der Waals surface area contributed by atoms with Crippen LogP contribution in [0.4, 0.5) is 0 Å². The van der Waals surface area contributed by atoms with Crippen LogP contribution < -0.4 is 24.8 Å². The third-order valence-electron chi connectivity index (χ3n) is 3.35. The first-order valence-corrected chi connectivity index (χ1v) is 9.37. The minimum absolute atomic E-state index is 0. The van der Waals surface area contributed by atoms with Crippen LogP contribution >= 0.6 is 0 Å². The van der Waals surface area contributed by atoms with Gasteiger partial charge in [0.15, 0.2) is 0 Å². The minimum atomic E-state index is 0. The molecular weight excluding hydrogens is 466 g/mol. The molecule has 1 aliphatic rings. The van der Waals surface area contributed by atoms with Gasteiger partial charge >= 0.3 is 26.2 Å². The van der Waals surface area contributed by atoms with Gasteiger partial charge in [0.05, 0.1) is 0 Å². The Morgan fingerprint density at radius 1 is 0.889 bits per heavy atom. The van der Waals surface area contributed by atoms with Gasteiger partial charge in [0.2, 0.25) is 0 Å². The summed E-state index contributed by atoms with van der Waals surface area (Å²) in [5, 5.41) is 2.65. The number of rotatable bonds is 1. The average molecular weight is 492 g/mol. The van der Waals surface area contributed by atoms with E-state index in [-0.39, 0.29) is 51.0 Å². The molecule has 1 aliphatic carbocycles. The molecule has 4 rings (SSSR count). The van der Waals surface area contributed by atoms with Gasteiger partial charge < -0.3 is 24.8 Å². The van der Waals surface area contributed by atoms with Gasteiger partial charge in [-0.25, -0.2) is 12.2 Å². The Morgan fingerprint density at radius 2 is 1.56 bits per heavy atom. The number of halogens is 2. The second-order valence-electron chi connectivity index (χ2n) is 4.70. The van der Waals surface area contributed by atoms with E-state index >= 15 is 0 Å². The zero-order chi connectivity index (χ0) is 17.6. The summed E-state index contributed by atoms with van der Waals surface area (Å²) in [7, 11) is 2.97. The van der Waals surface area contributed by atoms with Gasteiger partial charge in [0, 0.05) is 10.2 Å². The first-order valence-electron chi connectivity index (χ1n) is 8.37. The Kier molecular flexibility index (Phi) is 22.9. The summed E-state index contributed by atoms with van der Waals surface area (Å²) in [5.74, 6) is 0. The molecule has 3 radical (unpaired) electrons. The van der Waals surface area contributed by atoms with Crippen LogP contribution in [0.3, 0.4) is 0 Å². The maximum Gasteiger partial charge on any atom is 4.00 e. The fraction of sp³-hybridized carbons (Fsp3) is 0.174. The summed E-state index contributed by atoms with van der Waals surface area (Å²) in [6, 6.07) is 23.4. The monoisotopic (exact) mass is 489 g/mol. The van der Waals surface area contributed by atoms with Crippen LogP contribution in [-0.2, 0) is 26.2 Å². The molecule has 0 spiro atoms. The van der Waals surface area contributed by atoms with Crippen molar-refractivity contribution in [2.24, 2.45) is 0 Å². The molecule has 0 unspecified atom stereocenters. The molecule has 139 valence electrons. The van der Waals surface area contributed by atoms with E-state index in [9.17, 15) is 0 Å². The van der Waals surface area contributed by atoms with Gasteiger partial charge in [-0.2, -0.15) is 18.2 Å². The summed E-state index contributed by atoms with van der Waals surface area (Å²) in [4.78, 5) is 0. The fourth-order valence-corrected chi connectivity index (χ4v) is 2.37. The quantitative estimate of drug-likeness (QED) is 0.349. The molecule has 0 nitrogen and oxygen atoms in total. The third kappa shape index (κ3) is 10.4. The Morgan fingerprint density at radius 3 is 2.07 bits per heavy atom. The summed E-state index contributed by atoms with van der Waals surface area (Å²) >= 11 is 0.